The molecule has 0 radical (unpaired) electrons. The van der Waals surface area contributed by atoms with Gasteiger partial charge in [-0.3, -0.25) is 14.9 Å². The summed E-state index contributed by atoms with van der Waals surface area (Å²) >= 11 is 7.41. The van der Waals surface area contributed by atoms with E-state index in [-0.39, 0.29) is 17.2 Å². The molecule has 4 aromatic rings. The molecule has 0 bridgehead atoms. The molecular weight excluding hydrogens is 454 g/mol. The SMILES string of the molecule is COc1ccnc(C(=O)Nc2nc3ccc(Oc4ccccc4Cl)cc3s2)c1OC(C)=O. The number of anilines is 1. The maximum Gasteiger partial charge on any atom is 0.308 e. The van der Waals surface area contributed by atoms with E-state index in [1.807, 2.05) is 12.1 Å². The number of fused-ring (bicyclic) bond motifs is 1. The molecule has 1 amide bonds. The van der Waals surface area contributed by atoms with Gasteiger partial charge >= 0.3 is 5.97 Å². The van der Waals surface area contributed by atoms with Gasteiger partial charge in [0.05, 0.1) is 22.3 Å². The third-order valence-corrected chi connectivity index (χ3v) is 5.44. The van der Waals surface area contributed by atoms with Crippen molar-refractivity contribution in [2.75, 3.05) is 12.4 Å². The number of methoxy groups -OCH3 is 1. The Balaban J connectivity index is 1.58. The summed E-state index contributed by atoms with van der Waals surface area (Å²) in [5, 5.41) is 3.53. The minimum atomic E-state index is -0.601. The van der Waals surface area contributed by atoms with Crippen LogP contribution in [0.3, 0.4) is 0 Å². The molecule has 8 nitrogen and oxygen atoms in total. The van der Waals surface area contributed by atoms with Gasteiger partial charge in [-0.15, -0.1) is 0 Å². The standard InChI is InChI=1S/C22H16ClN3O5S/c1-12(27)30-20-17(29-2)9-10-24-19(20)21(28)26-22-25-15-8-7-13(11-18(15)32-22)31-16-6-4-3-5-14(16)23/h3-11H,1-2H3,(H,25,26,28). The highest BCUT2D eigenvalue weighted by Crippen LogP contribution is 2.34. The number of carbonyl (C=O) groups is 2. The van der Waals surface area contributed by atoms with Crippen LogP contribution in [-0.2, 0) is 4.79 Å². The summed E-state index contributed by atoms with van der Waals surface area (Å²) in [7, 11) is 1.40. The minimum absolute atomic E-state index is 0.0588. The molecule has 0 aliphatic carbocycles. The summed E-state index contributed by atoms with van der Waals surface area (Å²) in [6.45, 7) is 1.23. The van der Waals surface area contributed by atoms with Gasteiger partial charge in [0.15, 0.2) is 16.6 Å². The molecule has 32 heavy (non-hydrogen) atoms. The maximum atomic E-state index is 12.8. The number of thiazole rings is 1. The molecule has 0 fully saturated rings. The topological polar surface area (TPSA) is 99.6 Å². The van der Waals surface area contributed by atoms with Crippen LogP contribution in [0.25, 0.3) is 10.2 Å². The van der Waals surface area contributed by atoms with E-state index in [4.69, 9.17) is 25.8 Å². The van der Waals surface area contributed by atoms with Gasteiger partial charge in [0.25, 0.3) is 5.91 Å². The third kappa shape index (κ3) is 4.63. The summed E-state index contributed by atoms with van der Waals surface area (Å²) in [6, 6.07) is 14.0. The second-order valence-electron chi connectivity index (χ2n) is 6.42. The van der Waals surface area contributed by atoms with Crippen molar-refractivity contribution in [2.24, 2.45) is 0 Å². The van der Waals surface area contributed by atoms with Crippen LogP contribution in [0.2, 0.25) is 5.02 Å². The zero-order valence-electron chi connectivity index (χ0n) is 16.9. The molecule has 162 valence electrons. The number of hydrogen-bond donors (Lipinski definition) is 1. The monoisotopic (exact) mass is 469 g/mol. The molecule has 0 unspecified atom stereocenters. The lowest BCUT2D eigenvalue weighted by Gasteiger charge is -2.11. The molecule has 10 heteroatoms. The fourth-order valence-corrected chi connectivity index (χ4v) is 3.89. The van der Waals surface area contributed by atoms with Crippen molar-refractivity contribution in [3.8, 4) is 23.0 Å². The number of hydrogen-bond acceptors (Lipinski definition) is 8. The van der Waals surface area contributed by atoms with Crippen LogP contribution < -0.4 is 19.5 Å². The number of pyridine rings is 1. The molecule has 1 N–H and O–H groups in total. The highest BCUT2D eigenvalue weighted by molar-refractivity contribution is 7.22. The molecular formula is C22H16ClN3O5S. The number of nitrogens with one attached hydrogen (secondary N) is 1. The van der Waals surface area contributed by atoms with Crippen LogP contribution in [0.4, 0.5) is 5.13 Å². The number of rotatable bonds is 6. The lowest BCUT2D eigenvalue weighted by molar-refractivity contribution is -0.132. The average molecular weight is 470 g/mol. The zero-order valence-corrected chi connectivity index (χ0v) is 18.5. The van der Waals surface area contributed by atoms with Crippen LogP contribution in [-0.4, -0.2) is 29.0 Å². The number of benzene rings is 2. The molecule has 2 aromatic heterocycles. The lowest BCUT2D eigenvalue weighted by atomic mass is 10.3. The number of halogens is 1. The third-order valence-electron chi connectivity index (χ3n) is 4.19. The van der Waals surface area contributed by atoms with Crippen molar-refractivity contribution in [2.45, 2.75) is 6.92 Å². The second kappa shape index (κ2) is 9.21. The van der Waals surface area contributed by atoms with Crippen molar-refractivity contribution in [3.63, 3.8) is 0 Å². The molecule has 0 atom stereocenters. The Morgan fingerprint density at radius 1 is 1.09 bits per heavy atom. The van der Waals surface area contributed by atoms with Gasteiger partial charge in [0, 0.05) is 25.3 Å². The number of nitrogens with zero attached hydrogens (tertiary/aromatic N) is 2. The van der Waals surface area contributed by atoms with Gasteiger partial charge in [0.2, 0.25) is 5.75 Å². The predicted octanol–water partition coefficient (Wildman–Crippen LogP) is 5.32. The first kappa shape index (κ1) is 21.5. The van der Waals surface area contributed by atoms with Gasteiger partial charge in [-0.1, -0.05) is 35.1 Å². The van der Waals surface area contributed by atoms with E-state index in [9.17, 15) is 9.59 Å². The van der Waals surface area contributed by atoms with E-state index in [0.29, 0.717) is 27.2 Å². The number of aromatic nitrogens is 2. The second-order valence-corrected chi connectivity index (χ2v) is 7.86. The van der Waals surface area contributed by atoms with Crippen molar-refractivity contribution in [1.29, 1.82) is 0 Å². The van der Waals surface area contributed by atoms with Crippen LogP contribution in [0, 0.1) is 0 Å². The van der Waals surface area contributed by atoms with E-state index in [2.05, 4.69) is 15.3 Å². The lowest BCUT2D eigenvalue weighted by Crippen LogP contribution is -2.17. The molecule has 2 aromatic carbocycles. The van der Waals surface area contributed by atoms with E-state index in [1.165, 1.54) is 37.6 Å². The summed E-state index contributed by atoms with van der Waals surface area (Å²) in [4.78, 5) is 32.7. The smallest absolute Gasteiger partial charge is 0.308 e. The van der Waals surface area contributed by atoms with Crippen LogP contribution in [0.5, 0.6) is 23.0 Å². The normalized spacial score (nSPS) is 10.6. The van der Waals surface area contributed by atoms with Gasteiger partial charge in [-0.2, -0.15) is 0 Å². The highest BCUT2D eigenvalue weighted by Gasteiger charge is 2.22. The predicted molar refractivity (Wildman–Crippen MR) is 121 cm³/mol. The summed E-state index contributed by atoms with van der Waals surface area (Å²) < 4.78 is 16.9. The quantitative estimate of drug-likeness (QED) is 0.381. The summed E-state index contributed by atoms with van der Waals surface area (Å²) in [5.74, 6) is 0.0816. The first-order valence-corrected chi connectivity index (χ1v) is 10.5. The number of amides is 1. The molecule has 0 aliphatic rings. The Morgan fingerprint density at radius 3 is 2.66 bits per heavy atom. The minimum Gasteiger partial charge on any atom is -0.493 e. The molecule has 4 rings (SSSR count). The fraction of sp³-hybridized carbons (Fsp3) is 0.0909. The van der Waals surface area contributed by atoms with Crippen molar-refractivity contribution < 1.29 is 23.8 Å². The van der Waals surface area contributed by atoms with Gasteiger partial charge in [0.1, 0.15) is 11.5 Å². The van der Waals surface area contributed by atoms with Crippen LogP contribution >= 0.6 is 22.9 Å². The number of carbonyl (C=O) groups excluding carboxylic acids is 2. The van der Waals surface area contributed by atoms with Crippen molar-refractivity contribution in [3.05, 3.63) is 65.4 Å². The fourth-order valence-electron chi connectivity index (χ4n) is 2.83. The zero-order chi connectivity index (χ0) is 22.7. The Labute approximate surface area is 191 Å². The first-order chi connectivity index (χ1) is 15.4. The van der Waals surface area contributed by atoms with Crippen molar-refractivity contribution in [1.82, 2.24) is 9.97 Å². The Morgan fingerprint density at radius 2 is 1.91 bits per heavy atom. The van der Waals surface area contributed by atoms with E-state index in [1.54, 1.807) is 30.3 Å². The highest BCUT2D eigenvalue weighted by atomic mass is 35.5. The van der Waals surface area contributed by atoms with Crippen LogP contribution in [0.1, 0.15) is 17.4 Å². The summed E-state index contributed by atoms with van der Waals surface area (Å²) in [5.41, 5.74) is 0.581. The molecule has 0 spiro atoms. The number of para-hydroxylation sites is 1. The van der Waals surface area contributed by atoms with Gasteiger partial charge in [-0.05, 0) is 24.3 Å². The molecule has 2 heterocycles. The van der Waals surface area contributed by atoms with E-state index in [0.717, 1.165) is 4.70 Å². The number of ether oxygens (including phenoxy) is 3. The van der Waals surface area contributed by atoms with Gasteiger partial charge in [-0.25, -0.2) is 9.97 Å². The summed E-state index contributed by atoms with van der Waals surface area (Å²) in [6.07, 6.45) is 1.39. The van der Waals surface area contributed by atoms with Crippen LogP contribution in [0.15, 0.2) is 54.7 Å². The molecule has 0 aliphatic heterocycles. The van der Waals surface area contributed by atoms with Gasteiger partial charge < -0.3 is 14.2 Å². The van der Waals surface area contributed by atoms with E-state index < -0.39 is 11.9 Å². The first-order valence-electron chi connectivity index (χ1n) is 9.30. The molecule has 0 saturated heterocycles. The Kier molecular flexibility index (Phi) is 6.20. The van der Waals surface area contributed by atoms with Crippen molar-refractivity contribution >= 4 is 50.2 Å². The Hall–Kier alpha value is -3.69. The number of esters is 1. The Bertz CT molecular complexity index is 1320. The largest absolute Gasteiger partial charge is 0.493 e. The molecule has 0 saturated carbocycles. The average Bonchev–Trinajstić information content (AvgIpc) is 3.16. The van der Waals surface area contributed by atoms with E-state index >= 15 is 0 Å². The maximum absolute atomic E-state index is 12.8.